The van der Waals surface area contributed by atoms with Crippen LogP contribution < -0.4 is 10.6 Å². The van der Waals surface area contributed by atoms with Crippen LogP contribution in [-0.2, 0) is 17.8 Å². The van der Waals surface area contributed by atoms with Gasteiger partial charge in [-0.25, -0.2) is 0 Å². The predicted octanol–water partition coefficient (Wildman–Crippen LogP) is 2.94. The van der Waals surface area contributed by atoms with Crippen molar-refractivity contribution in [3.63, 3.8) is 0 Å². The third-order valence-corrected chi connectivity index (χ3v) is 5.22. The zero-order valence-electron chi connectivity index (χ0n) is 17.8. The van der Waals surface area contributed by atoms with E-state index in [0.29, 0.717) is 23.9 Å². The molecule has 1 saturated carbocycles. The Morgan fingerprint density at radius 2 is 2.00 bits per heavy atom. The van der Waals surface area contributed by atoms with E-state index in [0.717, 1.165) is 24.2 Å². The van der Waals surface area contributed by atoms with Crippen LogP contribution in [0.15, 0.2) is 72.2 Å². The first-order chi connectivity index (χ1) is 13.9. The summed E-state index contributed by atoms with van der Waals surface area (Å²) in [6.45, 7) is 10.0. The third-order valence-electron chi connectivity index (χ3n) is 5.22. The van der Waals surface area contributed by atoms with Crippen molar-refractivity contribution in [1.29, 1.82) is 0 Å². The summed E-state index contributed by atoms with van der Waals surface area (Å²) >= 11 is 0. The summed E-state index contributed by atoms with van der Waals surface area (Å²) in [7, 11) is 5.82. The number of likely N-dealkylation sites (N-methyl/N-ethyl adjacent to an activating group) is 2. The van der Waals surface area contributed by atoms with Gasteiger partial charge in [-0.3, -0.25) is 4.79 Å². The molecule has 1 aromatic carbocycles. The molecule has 0 atom stereocenters. The van der Waals surface area contributed by atoms with E-state index >= 15 is 0 Å². The van der Waals surface area contributed by atoms with Crippen molar-refractivity contribution in [2.24, 2.45) is 0 Å². The standard InChI is InChI=1S/C24H32N4O/c1-17(26-22-9-10-22)21-14-23(24(29)25-3)18(2)28(16-21)15-20-8-6-7-19(13-20)11-12-27(4)5/h6-8,13-14,16,22,26H,1-2,9-12,15H2,3-5H3,(H,25,29). The molecule has 1 aliphatic heterocycles. The average Bonchev–Trinajstić information content (AvgIpc) is 3.51. The van der Waals surface area contributed by atoms with E-state index in [9.17, 15) is 4.79 Å². The number of rotatable bonds is 9. The van der Waals surface area contributed by atoms with Crippen LogP contribution in [0.25, 0.3) is 0 Å². The summed E-state index contributed by atoms with van der Waals surface area (Å²) in [6.07, 6.45) is 7.28. The Balaban J connectivity index is 1.81. The van der Waals surface area contributed by atoms with Gasteiger partial charge in [0.2, 0.25) is 0 Å². The molecule has 0 spiro atoms. The van der Waals surface area contributed by atoms with E-state index in [-0.39, 0.29) is 5.91 Å². The van der Waals surface area contributed by atoms with E-state index in [2.05, 4.69) is 67.1 Å². The van der Waals surface area contributed by atoms with E-state index in [4.69, 9.17) is 0 Å². The van der Waals surface area contributed by atoms with Crippen molar-refractivity contribution in [3.8, 4) is 0 Å². The Morgan fingerprint density at radius 3 is 2.66 bits per heavy atom. The highest BCUT2D eigenvalue weighted by Gasteiger charge is 2.26. The molecule has 0 aromatic heterocycles. The quantitative estimate of drug-likeness (QED) is 0.678. The van der Waals surface area contributed by atoms with Crippen molar-refractivity contribution in [3.05, 3.63) is 83.4 Å². The molecular formula is C24H32N4O. The summed E-state index contributed by atoms with van der Waals surface area (Å²) in [4.78, 5) is 16.7. The van der Waals surface area contributed by atoms with Gasteiger partial charge in [-0.1, -0.05) is 37.4 Å². The maximum Gasteiger partial charge on any atom is 0.253 e. The minimum Gasteiger partial charge on any atom is -0.382 e. The van der Waals surface area contributed by atoms with Crippen molar-refractivity contribution in [2.45, 2.75) is 31.8 Å². The first-order valence-corrected chi connectivity index (χ1v) is 10.2. The molecule has 29 heavy (non-hydrogen) atoms. The molecule has 5 heteroatoms. The Labute approximate surface area is 174 Å². The summed E-state index contributed by atoms with van der Waals surface area (Å²) in [5.41, 5.74) is 5.55. The fourth-order valence-corrected chi connectivity index (χ4v) is 3.30. The maximum atomic E-state index is 12.4. The number of allylic oxidation sites excluding steroid dienone is 1. The number of amides is 1. The second kappa shape index (κ2) is 9.14. The molecular weight excluding hydrogens is 360 g/mol. The van der Waals surface area contributed by atoms with Crippen LogP contribution in [0.4, 0.5) is 0 Å². The lowest BCUT2D eigenvalue weighted by atomic mass is 10.0. The van der Waals surface area contributed by atoms with Gasteiger partial charge in [0, 0.05) is 49.3 Å². The largest absolute Gasteiger partial charge is 0.382 e. The summed E-state index contributed by atoms with van der Waals surface area (Å²) in [6, 6.07) is 9.12. The first-order valence-electron chi connectivity index (χ1n) is 10.2. The molecule has 1 aromatic rings. The molecule has 0 saturated heterocycles. The fraction of sp³-hybridized carbons (Fsp3) is 0.375. The minimum absolute atomic E-state index is 0.135. The van der Waals surface area contributed by atoms with Gasteiger partial charge >= 0.3 is 0 Å². The fourth-order valence-electron chi connectivity index (χ4n) is 3.30. The second-order valence-electron chi connectivity index (χ2n) is 8.07. The smallest absolute Gasteiger partial charge is 0.253 e. The summed E-state index contributed by atoms with van der Waals surface area (Å²) in [5, 5.41) is 6.16. The highest BCUT2D eigenvalue weighted by Crippen LogP contribution is 2.29. The van der Waals surface area contributed by atoms with E-state index < -0.39 is 0 Å². The van der Waals surface area contributed by atoms with Gasteiger partial charge in [0.25, 0.3) is 5.91 Å². The van der Waals surface area contributed by atoms with E-state index in [1.807, 2.05) is 17.2 Å². The number of hydrogen-bond donors (Lipinski definition) is 2. The normalized spacial score (nSPS) is 16.4. The number of carbonyl (C=O) groups excluding carboxylic acids is 1. The molecule has 0 bridgehead atoms. The number of hydrogen-bond acceptors (Lipinski definition) is 4. The number of carbonyl (C=O) groups is 1. The number of benzene rings is 1. The maximum absolute atomic E-state index is 12.4. The molecule has 1 aliphatic carbocycles. The minimum atomic E-state index is -0.135. The molecule has 0 radical (unpaired) electrons. The van der Waals surface area contributed by atoms with Crippen molar-refractivity contribution >= 4 is 5.91 Å². The average molecular weight is 393 g/mol. The summed E-state index contributed by atoms with van der Waals surface area (Å²) in [5.74, 6) is -0.135. The van der Waals surface area contributed by atoms with Gasteiger partial charge in [0.15, 0.2) is 0 Å². The monoisotopic (exact) mass is 392 g/mol. The van der Waals surface area contributed by atoms with Crippen LogP contribution in [0.3, 0.4) is 0 Å². The van der Waals surface area contributed by atoms with Crippen molar-refractivity contribution < 1.29 is 4.79 Å². The molecule has 3 rings (SSSR count). The Morgan fingerprint density at radius 1 is 1.28 bits per heavy atom. The van der Waals surface area contributed by atoms with E-state index in [1.165, 1.54) is 24.0 Å². The number of nitrogens with zero attached hydrogens (tertiary/aromatic N) is 2. The lowest BCUT2D eigenvalue weighted by Gasteiger charge is -2.30. The first kappa shape index (κ1) is 20.9. The molecule has 1 amide bonds. The molecule has 2 N–H and O–H groups in total. The summed E-state index contributed by atoms with van der Waals surface area (Å²) < 4.78 is 0. The zero-order valence-corrected chi connectivity index (χ0v) is 17.8. The van der Waals surface area contributed by atoms with Gasteiger partial charge in [0.1, 0.15) is 0 Å². The van der Waals surface area contributed by atoms with Gasteiger partial charge in [-0.2, -0.15) is 0 Å². The second-order valence-corrected chi connectivity index (χ2v) is 8.07. The Bertz CT molecular complexity index is 861. The van der Waals surface area contributed by atoms with Crippen molar-refractivity contribution in [1.82, 2.24) is 20.4 Å². The highest BCUT2D eigenvalue weighted by atomic mass is 16.1. The number of nitrogens with one attached hydrogen (secondary N) is 2. The van der Waals surface area contributed by atoms with Crippen LogP contribution in [0.2, 0.25) is 0 Å². The zero-order chi connectivity index (χ0) is 21.0. The van der Waals surface area contributed by atoms with E-state index in [1.54, 1.807) is 7.05 Å². The highest BCUT2D eigenvalue weighted by molar-refractivity contribution is 5.98. The lowest BCUT2D eigenvalue weighted by molar-refractivity contribution is -0.116. The predicted molar refractivity (Wildman–Crippen MR) is 119 cm³/mol. The van der Waals surface area contributed by atoms with Gasteiger partial charge in [-0.05, 0) is 50.6 Å². The molecule has 1 heterocycles. The Hall–Kier alpha value is -2.79. The molecule has 5 nitrogen and oxygen atoms in total. The molecule has 154 valence electrons. The topological polar surface area (TPSA) is 47.6 Å². The van der Waals surface area contributed by atoms with Crippen molar-refractivity contribution in [2.75, 3.05) is 27.7 Å². The SMILES string of the molecule is C=C(NC1CC1)C1=CN(Cc2cccc(CCN(C)C)c2)C(=C)C(C(=O)NC)=C1. The lowest BCUT2D eigenvalue weighted by Crippen LogP contribution is -2.30. The van der Waals surface area contributed by atoms with Crippen LogP contribution in [-0.4, -0.2) is 49.4 Å². The molecule has 1 fully saturated rings. The third kappa shape index (κ3) is 5.61. The van der Waals surface area contributed by atoms with Crippen LogP contribution in [0.5, 0.6) is 0 Å². The molecule has 0 unspecified atom stereocenters. The molecule has 2 aliphatic rings. The van der Waals surface area contributed by atoms with Crippen LogP contribution in [0, 0.1) is 0 Å². The van der Waals surface area contributed by atoms with Crippen LogP contribution in [0.1, 0.15) is 24.0 Å². The van der Waals surface area contributed by atoms with Crippen LogP contribution >= 0.6 is 0 Å². The van der Waals surface area contributed by atoms with Gasteiger partial charge in [-0.15, -0.1) is 0 Å². The Kier molecular flexibility index (Phi) is 6.60. The van der Waals surface area contributed by atoms with Gasteiger partial charge in [0.05, 0.1) is 5.57 Å². The van der Waals surface area contributed by atoms with Gasteiger partial charge < -0.3 is 20.4 Å².